The van der Waals surface area contributed by atoms with Crippen LogP contribution in [0.2, 0.25) is 0 Å². The van der Waals surface area contributed by atoms with Crippen molar-refractivity contribution in [2.75, 3.05) is 14.1 Å². The molecule has 0 aromatic rings. The fraction of sp³-hybridized carbons (Fsp3) is 0.938. The SMILES string of the molecule is CC[C@H]1C(=O)O[C@H](C)[C@H](C)C2(CC2)[C@@H](C)C(=O)[C@H](C)C[C@H](C)[C@H](O[C@@H]2O[C@H](C)C[C@H](N(C)C)C2C)[C@@H](C)[C@@H]1O. The Morgan fingerprint density at radius 2 is 1.59 bits per heavy atom. The molecule has 2 aliphatic heterocycles. The highest BCUT2D eigenvalue weighted by Gasteiger charge is 2.56. The lowest BCUT2D eigenvalue weighted by atomic mass is 9.71. The largest absolute Gasteiger partial charge is 0.462 e. The van der Waals surface area contributed by atoms with Crippen LogP contribution in [0.5, 0.6) is 0 Å². The van der Waals surface area contributed by atoms with Crippen LogP contribution in [0.1, 0.15) is 94.4 Å². The average Bonchev–Trinajstić information content (AvgIpc) is 3.68. The molecule has 3 fully saturated rings. The van der Waals surface area contributed by atoms with Crippen molar-refractivity contribution in [3.8, 4) is 0 Å². The Bertz CT molecular complexity index is 843. The minimum Gasteiger partial charge on any atom is -0.462 e. The van der Waals surface area contributed by atoms with Crippen LogP contribution in [0.15, 0.2) is 0 Å². The smallest absolute Gasteiger partial charge is 0.311 e. The number of ether oxygens (including phenoxy) is 3. The Morgan fingerprint density at radius 3 is 2.13 bits per heavy atom. The predicted molar refractivity (Wildman–Crippen MR) is 153 cm³/mol. The number of rotatable bonds is 4. The molecule has 226 valence electrons. The first-order valence-electron chi connectivity index (χ1n) is 15.6. The lowest BCUT2D eigenvalue weighted by Gasteiger charge is -2.45. The summed E-state index contributed by atoms with van der Waals surface area (Å²) in [7, 11) is 4.18. The van der Waals surface area contributed by atoms with Crippen molar-refractivity contribution in [3.63, 3.8) is 0 Å². The van der Waals surface area contributed by atoms with Gasteiger partial charge < -0.3 is 24.2 Å². The Labute approximate surface area is 237 Å². The van der Waals surface area contributed by atoms with Gasteiger partial charge in [0, 0.05) is 29.7 Å². The van der Waals surface area contributed by atoms with Gasteiger partial charge in [0.1, 0.15) is 11.9 Å². The molecule has 1 saturated carbocycles. The Hall–Kier alpha value is -1.02. The molecule has 1 aliphatic carbocycles. The van der Waals surface area contributed by atoms with E-state index in [-0.39, 0.29) is 71.0 Å². The summed E-state index contributed by atoms with van der Waals surface area (Å²) in [5.41, 5.74) is -0.120. The molecule has 0 bridgehead atoms. The maximum absolute atomic E-state index is 13.8. The minimum atomic E-state index is -0.929. The number of esters is 1. The summed E-state index contributed by atoms with van der Waals surface area (Å²) in [5, 5.41) is 11.6. The highest BCUT2D eigenvalue weighted by atomic mass is 16.7. The van der Waals surface area contributed by atoms with Gasteiger partial charge in [-0.05, 0) is 77.3 Å². The van der Waals surface area contributed by atoms with Gasteiger partial charge in [-0.25, -0.2) is 0 Å². The topological polar surface area (TPSA) is 85.3 Å². The van der Waals surface area contributed by atoms with Crippen molar-refractivity contribution in [3.05, 3.63) is 0 Å². The molecule has 3 aliphatic rings. The van der Waals surface area contributed by atoms with E-state index < -0.39 is 18.3 Å². The first kappa shape index (κ1) is 32.5. The summed E-state index contributed by atoms with van der Waals surface area (Å²) in [6, 6.07) is 0.311. The summed E-state index contributed by atoms with van der Waals surface area (Å²) in [4.78, 5) is 29.4. The standard InChI is InChI=1S/C32H57NO6/c1-12-25-28(35)21(6)29(39-31-20(5)26(33(10)11)16-19(4)37-31)18(3)15-17(2)27(34)23(8)32(13-14-32)22(7)24(9)38-30(25)36/h17-26,28-29,31,35H,12-16H2,1-11H3/t17-,18+,19-,20?,21+,22+,23+,24-,25-,26+,28+,29+,31+/m1/s1. The van der Waals surface area contributed by atoms with E-state index in [1.807, 2.05) is 27.7 Å². The first-order chi connectivity index (χ1) is 18.2. The van der Waals surface area contributed by atoms with E-state index in [0.29, 0.717) is 18.9 Å². The summed E-state index contributed by atoms with van der Waals surface area (Å²) in [6.07, 6.45) is 2.02. The maximum atomic E-state index is 13.8. The van der Waals surface area contributed by atoms with Crippen LogP contribution in [-0.4, -0.2) is 72.6 Å². The number of ketones is 1. The third-order valence-electron chi connectivity index (χ3n) is 10.9. The van der Waals surface area contributed by atoms with Gasteiger partial charge in [-0.3, -0.25) is 9.59 Å². The van der Waals surface area contributed by atoms with Crippen LogP contribution >= 0.6 is 0 Å². The van der Waals surface area contributed by atoms with Gasteiger partial charge in [0.25, 0.3) is 0 Å². The Balaban J connectivity index is 1.96. The van der Waals surface area contributed by atoms with Crippen molar-refractivity contribution in [2.24, 2.45) is 46.8 Å². The normalized spacial score (nSPS) is 46.1. The Kier molecular flexibility index (Phi) is 10.7. The second-order valence-electron chi connectivity index (χ2n) is 13.8. The fourth-order valence-corrected chi connectivity index (χ4v) is 7.81. The molecule has 1 N–H and O–H groups in total. The van der Waals surface area contributed by atoms with Crippen molar-refractivity contribution < 1.29 is 28.9 Å². The fourth-order valence-electron chi connectivity index (χ4n) is 7.81. The van der Waals surface area contributed by atoms with Crippen molar-refractivity contribution in [2.45, 2.75) is 131 Å². The van der Waals surface area contributed by atoms with Crippen LogP contribution < -0.4 is 0 Å². The van der Waals surface area contributed by atoms with Crippen molar-refractivity contribution >= 4 is 11.8 Å². The molecule has 0 amide bonds. The van der Waals surface area contributed by atoms with Crippen LogP contribution in [0.25, 0.3) is 0 Å². The zero-order valence-corrected chi connectivity index (χ0v) is 26.5. The second kappa shape index (κ2) is 12.9. The third-order valence-corrected chi connectivity index (χ3v) is 10.9. The second-order valence-corrected chi connectivity index (χ2v) is 13.8. The molecule has 2 heterocycles. The summed E-state index contributed by atoms with van der Waals surface area (Å²) >= 11 is 0. The summed E-state index contributed by atoms with van der Waals surface area (Å²) in [5.74, 6) is -1.10. The van der Waals surface area contributed by atoms with Crippen LogP contribution in [-0.2, 0) is 23.8 Å². The zero-order chi connectivity index (χ0) is 29.4. The molecule has 0 aromatic heterocycles. The lowest BCUT2D eigenvalue weighted by molar-refractivity contribution is -0.265. The first-order valence-corrected chi connectivity index (χ1v) is 15.6. The molecule has 1 spiro atoms. The minimum absolute atomic E-state index is 0.0189. The van der Waals surface area contributed by atoms with E-state index in [9.17, 15) is 14.7 Å². The number of aliphatic hydroxyl groups excluding tert-OH is 1. The van der Waals surface area contributed by atoms with E-state index >= 15 is 0 Å². The number of hydrogen-bond acceptors (Lipinski definition) is 7. The van der Waals surface area contributed by atoms with Gasteiger partial charge in [-0.2, -0.15) is 0 Å². The van der Waals surface area contributed by atoms with Gasteiger partial charge in [-0.15, -0.1) is 0 Å². The van der Waals surface area contributed by atoms with Gasteiger partial charge >= 0.3 is 5.97 Å². The van der Waals surface area contributed by atoms with E-state index in [4.69, 9.17) is 14.2 Å². The quantitative estimate of drug-likeness (QED) is 0.473. The number of cyclic esters (lactones) is 1. The molecule has 1 unspecified atom stereocenters. The van der Waals surface area contributed by atoms with E-state index in [1.54, 1.807) is 0 Å². The van der Waals surface area contributed by atoms with Crippen LogP contribution in [0.4, 0.5) is 0 Å². The van der Waals surface area contributed by atoms with Crippen molar-refractivity contribution in [1.82, 2.24) is 4.90 Å². The molecule has 2 saturated heterocycles. The number of carbonyl (C=O) groups is 2. The molecule has 0 aromatic carbocycles. The van der Waals surface area contributed by atoms with Gasteiger partial charge in [0.05, 0.1) is 24.2 Å². The zero-order valence-electron chi connectivity index (χ0n) is 26.5. The predicted octanol–water partition coefficient (Wildman–Crippen LogP) is 5.33. The molecular weight excluding hydrogens is 494 g/mol. The van der Waals surface area contributed by atoms with Crippen LogP contribution in [0, 0.1) is 46.8 Å². The monoisotopic (exact) mass is 551 g/mol. The van der Waals surface area contributed by atoms with Gasteiger partial charge in [0.15, 0.2) is 6.29 Å². The highest BCUT2D eigenvalue weighted by Crippen LogP contribution is 2.59. The third kappa shape index (κ3) is 6.73. The van der Waals surface area contributed by atoms with E-state index in [0.717, 1.165) is 19.3 Å². The molecular formula is C32H57NO6. The molecule has 7 nitrogen and oxygen atoms in total. The van der Waals surface area contributed by atoms with E-state index in [1.165, 1.54) is 0 Å². The summed E-state index contributed by atoms with van der Waals surface area (Å²) in [6.45, 7) is 18.4. The molecule has 39 heavy (non-hydrogen) atoms. The molecule has 7 heteroatoms. The van der Waals surface area contributed by atoms with Crippen LogP contribution in [0.3, 0.4) is 0 Å². The maximum Gasteiger partial charge on any atom is 0.311 e. The van der Waals surface area contributed by atoms with E-state index in [2.05, 4.69) is 53.6 Å². The number of nitrogens with zero attached hydrogens (tertiary/aromatic N) is 1. The highest BCUT2D eigenvalue weighted by molar-refractivity contribution is 5.84. The molecule has 0 radical (unpaired) electrons. The number of Topliss-reactive ketones (excluding diaryl/α,β-unsaturated/α-hetero) is 1. The number of aliphatic hydroxyl groups is 1. The molecule has 3 rings (SSSR count). The Morgan fingerprint density at radius 1 is 0.974 bits per heavy atom. The van der Waals surface area contributed by atoms with Gasteiger partial charge in [0.2, 0.25) is 0 Å². The van der Waals surface area contributed by atoms with Crippen molar-refractivity contribution in [1.29, 1.82) is 0 Å². The number of carbonyl (C=O) groups excluding carboxylic acids is 2. The van der Waals surface area contributed by atoms with Gasteiger partial charge in [-0.1, -0.05) is 48.5 Å². The lowest BCUT2D eigenvalue weighted by Crippen LogP contribution is -2.52. The molecule has 13 atom stereocenters. The average molecular weight is 552 g/mol. The summed E-state index contributed by atoms with van der Waals surface area (Å²) < 4.78 is 19.2. The number of hydrogen-bond donors (Lipinski definition) is 1.